The van der Waals surface area contributed by atoms with Crippen LogP contribution in [0.15, 0.2) is 96.4 Å². The maximum Gasteiger partial charge on any atom is 0.320 e. The molecule has 0 aliphatic carbocycles. The molecule has 0 amide bonds. The minimum absolute atomic E-state index is 0.0129. The number of carboxylic acid groups (broad SMARTS) is 4. The average Bonchev–Trinajstić information content (AvgIpc) is 3.91. The summed E-state index contributed by atoms with van der Waals surface area (Å²) in [6.07, 6.45) is 7.43. The van der Waals surface area contributed by atoms with Gasteiger partial charge in [0, 0.05) is 77.1 Å². The van der Waals surface area contributed by atoms with Crippen LogP contribution in [0.1, 0.15) is 29.5 Å². The van der Waals surface area contributed by atoms with E-state index in [0.717, 1.165) is 49.4 Å². The molecule has 0 saturated heterocycles. The van der Waals surface area contributed by atoms with E-state index >= 15 is 0 Å². The summed E-state index contributed by atoms with van der Waals surface area (Å²) >= 11 is 0. The van der Waals surface area contributed by atoms with E-state index in [0.29, 0.717) is 38.6 Å². The fourth-order valence-corrected chi connectivity index (χ4v) is 5.52. The highest BCUT2D eigenvalue weighted by Crippen LogP contribution is 2.20. The molecule has 0 aliphatic rings. The molecule has 3 aromatic carbocycles. The van der Waals surface area contributed by atoms with Crippen molar-refractivity contribution in [2.75, 3.05) is 6.54 Å². The third-order valence-electron chi connectivity index (χ3n) is 8.58. The fourth-order valence-electron chi connectivity index (χ4n) is 5.52. The summed E-state index contributed by atoms with van der Waals surface area (Å²) in [5.41, 5.74) is 37.6. The first-order chi connectivity index (χ1) is 27.1. The number of para-hydroxylation sites is 3. The van der Waals surface area contributed by atoms with Gasteiger partial charge in [0.1, 0.15) is 24.2 Å². The van der Waals surface area contributed by atoms with Gasteiger partial charge in [0.25, 0.3) is 0 Å². The van der Waals surface area contributed by atoms with E-state index in [2.05, 4.69) is 19.9 Å². The van der Waals surface area contributed by atoms with Gasteiger partial charge in [-0.25, -0.2) is 0 Å². The molecule has 0 fully saturated rings. The Labute approximate surface area is 326 Å². The van der Waals surface area contributed by atoms with Crippen LogP contribution in [0.25, 0.3) is 32.7 Å². The van der Waals surface area contributed by atoms with E-state index < -0.39 is 48.0 Å². The zero-order valence-electron chi connectivity index (χ0n) is 31.0. The van der Waals surface area contributed by atoms with Crippen LogP contribution in [0.5, 0.6) is 0 Å². The Hall–Kier alpha value is -6.73. The first-order valence-corrected chi connectivity index (χ1v) is 17.7. The molecule has 0 bridgehead atoms. The second kappa shape index (κ2) is 22.0. The van der Waals surface area contributed by atoms with Gasteiger partial charge in [0.05, 0.1) is 0 Å². The third kappa shape index (κ3) is 14.1. The van der Waals surface area contributed by atoms with Crippen molar-refractivity contribution < 1.29 is 39.6 Å². The van der Waals surface area contributed by atoms with Gasteiger partial charge >= 0.3 is 23.9 Å². The zero-order chi connectivity index (χ0) is 42.1. The number of nitrogens with two attached hydrogens (primary N) is 6. The molecule has 304 valence electrons. The van der Waals surface area contributed by atoms with Gasteiger partial charge < -0.3 is 69.8 Å². The lowest BCUT2D eigenvalue weighted by Crippen LogP contribution is -2.32. The van der Waals surface area contributed by atoms with Gasteiger partial charge in [-0.1, -0.05) is 54.6 Å². The van der Waals surface area contributed by atoms with Crippen molar-refractivity contribution in [3.05, 3.63) is 108 Å². The van der Waals surface area contributed by atoms with E-state index in [-0.39, 0.29) is 5.96 Å². The largest absolute Gasteiger partial charge is 0.480 e. The number of hydrogen-bond acceptors (Lipinski definition) is 9. The molecule has 6 rings (SSSR count). The van der Waals surface area contributed by atoms with Crippen LogP contribution in [0.3, 0.4) is 0 Å². The number of rotatable bonds is 14. The summed E-state index contributed by atoms with van der Waals surface area (Å²) in [4.78, 5) is 55.0. The van der Waals surface area contributed by atoms with Crippen molar-refractivity contribution in [2.45, 2.75) is 56.3 Å². The quantitative estimate of drug-likeness (QED) is 0.0426. The smallest absolute Gasteiger partial charge is 0.320 e. The van der Waals surface area contributed by atoms with Gasteiger partial charge in [-0.2, -0.15) is 0 Å². The predicted molar refractivity (Wildman–Crippen MR) is 218 cm³/mol. The molecular formula is C39H50N10O8. The number of benzene rings is 3. The van der Waals surface area contributed by atoms with Crippen LogP contribution in [-0.2, 0) is 38.4 Å². The standard InChI is InChI=1S/3C11H12N2O2.C6H14N4O2/c3*12-9(11(14)15)5-7-6-13-10-4-2-1-3-8(7)10;7-4(5(11)12)2-1-3-10-6(8)9/h3*1-4,6,9,13H,5,12H2,(H,14,15);4H,1-3,7H2,(H,11,12)(H4,8,9,10). The second-order valence-electron chi connectivity index (χ2n) is 12.9. The minimum atomic E-state index is -1.00. The number of carbonyl (C=O) groups is 4. The van der Waals surface area contributed by atoms with E-state index in [1.54, 1.807) is 0 Å². The molecule has 18 heteroatoms. The van der Waals surface area contributed by atoms with Crippen LogP contribution in [0.2, 0.25) is 0 Å². The molecule has 4 unspecified atom stereocenters. The van der Waals surface area contributed by atoms with Crippen LogP contribution in [0, 0.1) is 0 Å². The van der Waals surface area contributed by atoms with Gasteiger partial charge in [0.2, 0.25) is 0 Å². The first kappa shape index (κ1) is 44.7. The van der Waals surface area contributed by atoms with E-state index in [4.69, 9.17) is 54.8 Å². The van der Waals surface area contributed by atoms with Crippen molar-refractivity contribution in [2.24, 2.45) is 39.4 Å². The van der Waals surface area contributed by atoms with Gasteiger partial charge in [0.15, 0.2) is 5.96 Å². The Kier molecular flexibility index (Phi) is 17.2. The Morgan fingerprint density at radius 2 is 0.807 bits per heavy atom. The number of carboxylic acids is 4. The molecule has 3 heterocycles. The van der Waals surface area contributed by atoms with Crippen LogP contribution in [-0.4, -0.2) is 95.9 Å². The molecule has 0 aliphatic heterocycles. The Morgan fingerprint density at radius 1 is 0.509 bits per heavy atom. The summed E-state index contributed by atoms with van der Waals surface area (Å²) in [6.45, 7) is 0.420. The number of guanidine groups is 1. The summed E-state index contributed by atoms with van der Waals surface area (Å²) < 4.78 is 0. The molecule has 0 radical (unpaired) electrons. The molecule has 18 nitrogen and oxygen atoms in total. The molecule has 0 spiro atoms. The number of aromatic nitrogens is 3. The highest BCUT2D eigenvalue weighted by atomic mass is 16.4. The Bertz CT molecular complexity index is 2040. The minimum Gasteiger partial charge on any atom is -0.480 e. The van der Waals surface area contributed by atoms with Crippen molar-refractivity contribution >= 4 is 62.5 Å². The average molecular weight is 787 g/mol. The molecule has 3 aromatic heterocycles. The number of nitrogens with zero attached hydrogens (tertiary/aromatic N) is 1. The number of nitrogens with one attached hydrogen (secondary N) is 3. The lowest BCUT2D eigenvalue weighted by molar-refractivity contribution is -0.139. The summed E-state index contributed by atoms with van der Waals surface area (Å²) in [6, 6.07) is 19.9. The number of fused-ring (bicyclic) bond motifs is 3. The lowest BCUT2D eigenvalue weighted by Gasteiger charge is -2.04. The van der Waals surface area contributed by atoms with E-state index in [9.17, 15) is 19.2 Å². The van der Waals surface area contributed by atoms with Crippen molar-refractivity contribution in [1.29, 1.82) is 0 Å². The molecule has 0 saturated carbocycles. The van der Waals surface area contributed by atoms with E-state index in [1.165, 1.54) is 0 Å². The summed E-state index contributed by atoms with van der Waals surface area (Å²) in [5, 5.41) is 37.6. The molecule has 19 N–H and O–H groups in total. The van der Waals surface area contributed by atoms with Crippen molar-refractivity contribution in [3.8, 4) is 0 Å². The van der Waals surface area contributed by atoms with Crippen molar-refractivity contribution in [3.63, 3.8) is 0 Å². The second-order valence-corrected chi connectivity index (χ2v) is 12.9. The lowest BCUT2D eigenvalue weighted by atomic mass is 10.1. The van der Waals surface area contributed by atoms with Crippen LogP contribution in [0.4, 0.5) is 0 Å². The molecular weight excluding hydrogens is 736 g/mol. The molecule has 6 aromatic rings. The predicted octanol–water partition coefficient (Wildman–Crippen LogP) is 1.82. The summed E-state index contributed by atoms with van der Waals surface area (Å²) in [7, 11) is 0. The van der Waals surface area contributed by atoms with Crippen molar-refractivity contribution in [1.82, 2.24) is 15.0 Å². The number of aliphatic imine (C=N–C) groups is 1. The molecule has 57 heavy (non-hydrogen) atoms. The monoisotopic (exact) mass is 786 g/mol. The number of H-pyrrole nitrogens is 3. The SMILES string of the molecule is NC(Cc1c[nH]c2ccccc12)C(=O)O.NC(Cc1c[nH]c2ccccc12)C(=O)O.NC(Cc1c[nH]c2ccccc12)C(=O)O.NC(N)=NCCCC(N)C(=O)O. The number of hydrogen-bond donors (Lipinski definition) is 13. The van der Waals surface area contributed by atoms with Crippen LogP contribution < -0.4 is 34.4 Å². The number of aliphatic carboxylic acids is 4. The Morgan fingerprint density at radius 3 is 1.09 bits per heavy atom. The normalized spacial score (nSPS) is 12.7. The number of aromatic amines is 3. The highest BCUT2D eigenvalue weighted by molar-refractivity contribution is 5.86. The molecule has 4 atom stereocenters. The van der Waals surface area contributed by atoms with Crippen LogP contribution >= 0.6 is 0 Å². The highest BCUT2D eigenvalue weighted by Gasteiger charge is 2.16. The Balaban J connectivity index is 0.000000205. The van der Waals surface area contributed by atoms with Gasteiger partial charge in [-0.3, -0.25) is 24.2 Å². The summed E-state index contributed by atoms with van der Waals surface area (Å²) in [5.74, 6) is -3.90. The van der Waals surface area contributed by atoms with Gasteiger partial charge in [-0.15, -0.1) is 0 Å². The zero-order valence-corrected chi connectivity index (χ0v) is 31.0. The maximum absolute atomic E-state index is 10.6. The third-order valence-corrected chi connectivity index (χ3v) is 8.58. The topological polar surface area (TPSA) is 365 Å². The van der Waals surface area contributed by atoms with Gasteiger partial charge in [-0.05, 0) is 47.7 Å². The van der Waals surface area contributed by atoms with E-state index in [1.807, 2.05) is 91.4 Å². The maximum atomic E-state index is 10.6. The first-order valence-electron chi connectivity index (χ1n) is 17.7. The fraction of sp³-hybridized carbons (Fsp3) is 0.256.